The third kappa shape index (κ3) is 15.7. The van der Waals surface area contributed by atoms with Crippen LogP contribution in [0.5, 0.6) is 0 Å². The van der Waals surface area contributed by atoms with E-state index in [1.54, 1.807) is 6.92 Å². The highest BCUT2D eigenvalue weighted by Gasteiger charge is 2.50. The lowest BCUT2D eigenvalue weighted by Crippen LogP contribution is -2.46. The van der Waals surface area contributed by atoms with E-state index in [0.29, 0.717) is 6.42 Å². The number of rotatable bonds is 25. The molecule has 3 rings (SSSR count). The van der Waals surface area contributed by atoms with Crippen molar-refractivity contribution in [1.82, 2.24) is 30.2 Å². The molecule has 1 saturated heterocycles. The number of aliphatic hydroxyl groups excluding tert-OH is 2. The molecule has 1 fully saturated rings. The first-order chi connectivity index (χ1) is 27.8. The number of ether oxygens (including phenoxy) is 1. The molecule has 60 heavy (non-hydrogen) atoms. The summed E-state index contributed by atoms with van der Waals surface area (Å²) in [7, 11) is -16.5. The molecular weight excluding hydrogens is 887 g/mol. The van der Waals surface area contributed by atoms with Gasteiger partial charge in [0.15, 0.2) is 22.8 Å². The van der Waals surface area contributed by atoms with Gasteiger partial charge in [0.2, 0.25) is 11.8 Å². The van der Waals surface area contributed by atoms with Crippen molar-refractivity contribution in [2.45, 2.75) is 84.0 Å². The molecule has 0 aliphatic carbocycles. The molecule has 10 N–H and O–H groups in total. The molecule has 0 saturated carbocycles. The summed E-state index contributed by atoms with van der Waals surface area (Å²) in [5, 5.41) is 25.8. The van der Waals surface area contributed by atoms with Crippen LogP contribution in [-0.4, -0.2) is 134 Å². The second kappa shape index (κ2) is 21.8. The number of phosphoric ester groups is 3. The minimum Gasteiger partial charge on any atom is -0.386 e. The summed E-state index contributed by atoms with van der Waals surface area (Å²) in [5.74, 6) is -2.47. The van der Waals surface area contributed by atoms with Gasteiger partial charge < -0.3 is 50.9 Å². The lowest BCUT2D eigenvalue weighted by molar-refractivity contribution is -0.137. The largest absolute Gasteiger partial charge is 0.481 e. The first-order valence-electron chi connectivity index (χ1n) is 17.8. The summed E-state index contributed by atoms with van der Waals surface area (Å²) in [4.78, 5) is 111. The summed E-state index contributed by atoms with van der Waals surface area (Å²) in [6.45, 7) is 3.67. The standard InChI is InChI=1S/C30H48N7O19P3S/c1-5-16(2)18(39)10-17(38)11-21(41)60-9-8-32-20(40)6-7-33-28(44)25(43)30(3,4)13-53-59(50,51)56-58(48,49)52-12-19-24(55-57(45,46)47)23(42)29(54-19)37-15-36-22-26(31)34-14-35-27(22)37/h14-16,19,23-25,29,42-43H,5-13H2,1-4H3,(H,32,40)(H,33,44)(H,48,49)(H,50,51)(H2,31,34,35)(H2,45,46,47)/t16?,19-,23-,24-,25?,29-/m1/s1. The van der Waals surface area contributed by atoms with Crippen LogP contribution >= 0.6 is 35.2 Å². The Bertz CT molecular complexity index is 2020. The van der Waals surface area contributed by atoms with E-state index in [9.17, 15) is 67.5 Å². The van der Waals surface area contributed by atoms with E-state index in [0.717, 1.165) is 29.0 Å². The number of imidazole rings is 1. The zero-order valence-electron chi connectivity index (χ0n) is 32.6. The summed E-state index contributed by atoms with van der Waals surface area (Å²) in [6, 6.07) is 0. The minimum atomic E-state index is -5.60. The lowest BCUT2D eigenvalue weighted by Gasteiger charge is -2.30. The predicted octanol–water partition coefficient (Wildman–Crippen LogP) is -0.371. The van der Waals surface area contributed by atoms with Gasteiger partial charge in [-0.15, -0.1) is 0 Å². The molecule has 3 heterocycles. The van der Waals surface area contributed by atoms with Crippen molar-refractivity contribution < 1.29 is 90.1 Å². The number of amides is 2. The molecule has 338 valence electrons. The number of phosphoric acid groups is 3. The van der Waals surface area contributed by atoms with Crippen LogP contribution in [0.25, 0.3) is 11.2 Å². The van der Waals surface area contributed by atoms with Gasteiger partial charge in [-0.2, -0.15) is 4.31 Å². The van der Waals surface area contributed by atoms with E-state index in [1.165, 1.54) is 13.8 Å². The van der Waals surface area contributed by atoms with E-state index < -0.39 is 102 Å². The van der Waals surface area contributed by atoms with Crippen molar-refractivity contribution in [3.05, 3.63) is 12.7 Å². The van der Waals surface area contributed by atoms with Gasteiger partial charge in [0.25, 0.3) is 0 Å². The van der Waals surface area contributed by atoms with Gasteiger partial charge in [0, 0.05) is 36.6 Å². The van der Waals surface area contributed by atoms with Gasteiger partial charge in [0.05, 0.1) is 32.4 Å². The first kappa shape index (κ1) is 51.3. The first-order valence-corrected chi connectivity index (χ1v) is 23.4. The van der Waals surface area contributed by atoms with E-state index in [-0.39, 0.29) is 60.4 Å². The topological polar surface area (TPSA) is 398 Å². The van der Waals surface area contributed by atoms with Gasteiger partial charge in [-0.25, -0.2) is 28.6 Å². The number of carbonyl (C=O) groups is 5. The summed E-state index contributed by atoms with van der Waals surface area (Å²) < 4.78 is 62.1. The van der Waals surface area contributed by atoms with Gasteiger partial charge >= 0.3 is 23.5 Å². The van der Waals surface area contributed by atoms with Gasteiger partial charge in [0.1, 0.15) is 47.8 Å². The number of thioether (sulfide) groups is 1. The number of fused-ring (bicyclic) bond motifs is 1. The molecule has 30 heteroatoms. The molecule has 1 aliphatic heterocycles. The Labute approximate surface area is 346 Å². The van der Waals surface area contributed by atoms with Crippen LogP contribution in [0.3, 0.4) is 0 Å². The quantitative estimate of drug-likeness (QED) is 0.0348. The van der Waals surface area contributed by atoms with Crippen LogP contribution in [0.15, 0.2) is 12.7 Å². The van der Waals surface area contributed by atoms with Crippen LogP contribution in [0.1, 0.15) is 59.6 Å². The number of nitrogens with zero attached hydrogens (tertiary/aromatic N) is 4. The number of anilines is 1. The predicted molar refractivity (Wildman–Crippen MR) is 206 cm³/mol. The molecular formula is C30H48N7O19P3S. The van der Waals surface area contributed by atoms with Crippen LogP contribution < -0.4 is 16.4 Å². The molecule has 4 unspecified atom stereocenters. The number of hydrogen-bond donors (Lipinski definition) is 9. The maximum absolute atomic E-state index is 12.7. The van der Waals surface area contributed by atoms with E-state index >= 15 is 0 Å². The molecule has 2 aromatic heterocycles. The SMILES string of the molecule is CCC(C)C(=O)CC(=O)CC(=O)SCCNC(=O)CCNC(=O)C(O)C(C)(C)COP(=O)(O)OP(=O)(O)OC[C@H]1O[C@@H](n2cnc3c(N)ncnc32)[C@H](O)[C@@H]1OP(=O)(O)O. The average molecular weight is 936 g/mol. The Balaban J connectivity index is 1.44. The van der Waals surface area contributed by atoms with Crippen LogP contribution in [0.4, 0.5) is 5.82 Å². The van der Waals surface area contributed by atoms with Crippen LogP contribution in [0.2, 0.25) is 0 Å². The highest BCUT2D eigenvalue weighted by Crippen LogP contribution is 2.61. The maximum atomic E-state index is 12.7. The van der Waals surface area contributed by atoms with E-state index in [2.05, 4.69) is 34.4 Å². The van der Waals surface area contributed by atoms with Gasteiger partial charge in [-0.05, 0) is 6.42 Å². The number of nitrogens with two attached hydrogens (primary N) is 1. The van der Waals surface area contributed by atoms with Crippen molar-refractivity contribution in [3.8, 4) is 0 Å². The zero-order valence-corrected chi connectivity index (χ0v) is 36.1. The zero-order chi connectivity index (χ0) is 45.2. The fraction of sp³-hybridized carbons (Fsp3) is 0.667. The second-order valence-electron chi connectivity index (χ2n) is 14.0. The number of hydrogen-bond acceptors (Lipinski definition) is 20. The number of nitrogens with one attached hydrogen (secondary N) is 2. The fourth-order valence-corrected chi connectivity index (χ4v) is 8.69. The van der Waals surface area contributed by atoms with E-state index in [4.69, 9.17) is 19.5 Å². The molecule has 0 spiro atoms. The van der Waals surface area contributed by atoms with Gasteiger partial charge in [-0.1, -0.05) is 39.5 Å². The molecule has 1 aliphatic rings. The van der Waals surface area contributed by atoms with Crippen molar-refractivity contribution in [2.75, 3.05) is 37.8 Å². The smallest absolute Gasteiger partial charge is 0.386 e. The maximum Gasteiger partial charge on any atom is 0.481 e. The van der Waals surface area contributed by atoms with Crippen molar-refractivity contribution in [3.63, 3.8) is 0 Å². The Hall–Kier alpha value is -3.10. The van der Waals surface area contributed by atoms with Crippen molar-refractivity contribution in [1.29, 1.82) is 0 Å². The third-order valence-corrected chi connectivity index (χ3v) is 12.6. The van der Waals surface area contributed by atoms with E-state index in [1.807, 2.05) is 6.92 Å². The Morgan fingerprint density at radius 2 is 1.68 bits per heavy atom. The number of Topliss-reactive ketones (excluding diaryl/α,β-unsaturated/α-hetero) is 2. The second-order valence-corrected chi connectivity index (χ2v) is 19.3. The highest BCUT2D eigenvalue weighted by molar-refractivity contribution is 8.13. The number of nitrogen functional groups attached to an aromatic ring is 1. The van der Waals surface area contributed by atoms with Crippen molar-refractivity contribution >= 4 is 80.7 Å². The molecule has 0 radical (unpaired) electrons. The number of ketones is 2. The van der Waals surface area contributed by atoms with Crippen LogP contribution in [0, 0.1) is 11.3 Å². The molecule has 2 aromatic rings. The molecule has 0 aromatic carbocycles. The third-order valence-electron chi connectivity index (χ3n) is 8.64. The lowest BCUT2D eigenvalue weighted by atomic mass is 9.87. The average Bonchev–Trinajstić information content (AvgIpc) is 3.70. The molecule has 8 atom stereocenters. The summed E-state index contributed by atoms with van der Waals surface area (Å²) in [5.41, 5.74) is 4.19. The summed E-state index contributed by atoms with van der Waals surface area (Å²) in [6.07, 6.45) is -7.28. The fourth-order valence-electron chi connectivity index (χ4n) is 5.17. The Morgan fingerprint density at radius 3 is 2.33 bits per heavy atom. The number of aliphatic hydroxyl groups is 2. The number of carbonyl (C=O) groups excluding carboxylic acids is 5. The monoisotopic (exact) mass is 935 g/mol. The Kier molecular flexibility index (Phi) is 18.6. The van der Waals surface area contributed by atoms with Gasteiger partial charge in [-0.3, -0.25) is 42.1 Å². The Morgan fingerprint density at radius 1 is 1.02 bits per heavy atom. The molecule has 0 bridgehead atoms. The minimum absolute atomic E-state index is 0.0182. The summed E-state index contributed by atoms with van der Waals surface area (Å²) >= 11 is 0.808. The highest BCUT2D eigenvalue weighted by atomic mass is 32.2. The molecule has 2 amide bonds. The number of aromatic nitrogens is 4. The molecule has 26 nitrogen and oxygen atoms in total. The normalized spacial score (nSPS) is 21.4. The van der Waals surface area contributed by atoms with Crippen LogP contribution in [-0.2, 0) is 60.3 Å². The van der Waals surface area contributed by atoms with Crippen molar-refractivity contribution in [2.24, 2.45) is 11.3 Å².